The summed E-state index contributed by atoms with van der Waals surface area (Å²) in [6.45, 7) is 3.30. The fourth-order valence-electron chi connectivity index (χ4n) is 4.14. The van der Waals surface area contributed by atoms with Gasteiger partial charge in [-0.05, 0) is 49.1 Å². The minimum Gasteiger partial charge on any atom is -0.484 e. The maximum Gasteiger partial charge on any atom is 0.261 e. The summed E-state index contributed by atoms with van der Waals surface area (Å²) in [6, 6.07) is 14.7. The molecule has 2 heterocycles. The number of carbonyl (C=O) groups excluding carboxylic acids is 2. The molecule has 0 aliphatic carbocycles. The van der Waals surface area contributed by atoms with Crippen LogP contribution in [-0.4, -0.2) is 71.7 Å². The topological polar surface area (TPSA) is 76.9 Å². The second-order valence-corrected chi connectivity index (χ2v) is 8.90. The summed E-state index contributed by atoms with van der Waals surface area (Å²) in [6.07, 6.45) is 3.53. The smallest absolute Gasteiger partial charge is 0.261 e. The predicted molar refractivity (Wildman–Crippen MR) is 128 cm³/mol. The fourth-order valence-corrected chi connectivity index (χ4v) is 4.27. The number of benzene rings is 2. The molecular formula is C25H29ClN4O3. The largest absolute Gasteiger partial charge is 0.484 e. The van der Waals surface area contributed by atoms with Crippen molar-refractivity contribution >= 4 is 29.3 Å². The van der Waals surface area contributed by atoms with Crippen LogP contribution in [0, 0.1) is 5.41 Å². The zero-order chi connectivity index (χ0) is 23.2. The van der Waals surface area contributed by atoms with Gasteiger partial charge in [0.25, 0.3) is 5.91 Å². The standard InChI is InChI=1S/C25H29ClN4O3/c26-21-8-10-22(11-9-21)33-18-24(32)30-15-14-29(23(31)17-30)16-19-4-6-20(7-5-19)25(27)28-12-2-1-3-13-28/h4-11,27H,1-3,12-18H2. The first-order chi connectivity index (χ1) is 16.0. The number of hydrogen-bond donors (Lipinski definition) is 1. The van der Waals surface area contributed by atoms with E-state index in [-0.39, 0.29) is 25.0 Å². The number of piperidine rings is 1. The Morgan fingerprint density at radius 1 is 0.909 bits per heavy atom. The SMILES string of the molecule is N=C(c1ccc(CN2CCN(C(=O)COc3ccc(Cl)cc3)CC2=O)cc1)N1CCCCC1. The molecule has 0 aromatic heterocycles. The molecule has 0 saturated carbocycles. The van der Waals surface area contributed by atoms with E-state index in [1.807, 2.05) is 24.3 Å². The van der Waals surface area contributed by atoms with Gasteiger partial charge in [-0.2, -0.15) is 0 Å². The Morgan fingerprint density at radius 3 is 2.27 bits per heavy atom. The third-order valence-electron chi connectivity index (χ3n) is 6.12. The van der Waals surface area contributed by atoms with Gasteiger partial charge in [-0.1, -0.05) is 35.9 Å². The molecule has 2 aliphatic heterocycles. The van der Waals surface area contributed by atoms with Gasteiger partial charge in [-0.15, -0.1) is 0 Å². The lowest BCUT2D eigenvalue weighted by Crippen LogP contribution is -2.52. The van der Waals surface area contributed by atoms with E-state index in [2.05, 4.69) is 4.90 Å². The quantitative estimate of drug-likeness (QED) is 0.520. The highest BCUT2D eigenvalue weighted by Gasteiger charge is 2.27. The number of likely N-dealkylation sites (tertiary alicyclic amines) is 1. The number of amidine groups is 1. The molecule has 33 heavy (non-hydrogen) atoms. The highest BCUT2D eigenvalue weighted by Crippen LogP contribution is 2.17. The van der Waals surface area contributed by atoms with E-state index < -0.39 is 0 Å². The molecule has 2 aromatic carbocycles. The van der Waals surface area contributed by atoms with Crippen molar-refractivity contribution in [3.8, 4) is 5.75 Å². The van der Waals surface area contributed by atoms with Crippen LogP contribution in [0.15, 0.2) is 48.5 Å². The zero-order valence-corrected chi connectivity index (χ0v) is 19.4. The van der Waals surface area contributed by atoms with E-state index in [0.717, 1.165) is 37.1 Å². The van der Waals surface area contributed by atoms with Gasteiger partial charge >= 0.3 is 0 Å². The minimum absolute atomic E-state index is 0.0561. The van der Waals surface area contributed by atoms with Crippen molar-refractivity contribution in [1.82, 2.24) is 14.7 Å². The highest BCUT2D eigenvalue weighted by molar-refractivity contribution is 6.30. The number of halogens is 1. The zero-order valence-electron chi connectivity index (χ0n) is 18.6. The molecule has 2 saturated heterocycles. The van der Waals surface area contributed by atoms with Gasteiger partial charge in [-0.25, -0.2) is 0 Å². The van der Waals surface area contributed by atoms with Crippen molar-refractivity contribution in [2.75, 3.05) is 39.3 Å². The van der Waals surface area contributed by atoms with Crippen molar-refractivity contribution in [1.29, 1.82) is 5.41 Å². The maximum absolute atomic E-state index is 12.6. The average Bonchev–Trinajstić information content (AvgIpc) is 2.85. The summed E-state index contributed by atoms with van der Waals surface area (Å²) in [5, 5.41) is 9.05. The van der Waals surface area contributed by atoms with Crippen LogP contribution in [0.25, 0.3) is 0 Å². The van der Waals surface area contributed by atoms with E-state index in [4.69, 9.17) is 21.7 Å². The monoisotopic (exact) mass is 468 g/mol. The summed E-state index contributed by atoms with van der Waals surface area (Å²) in [5.41, 5.74) is 1.92. The van der Waals surface area contributed by atoms with E-state index in [0.29, 0.717) is 36.2 Å². The van der Waals surface area contributed by atoms with Gasteiger partial charge < -0.3 is 19.4 Å². The number of nitrogens with zero attached hydrogens (tertiary/aromatic N) is 3. The van der Waals surface area contributed by atoms with Gasteiger partial charge in [0, 0.05) is 43.3 Å². The number of piperazine rings is 1. The minimum atomic E-state index is -0.210. The summed E-state index contributed by atoms with van der Waals surface area (Å²) >= 11 is 5.85. The lowest BCUT2D eigenvalue weighted by molar-refractivity contribution is -0.146. The molecule has 7 nitrogen and oxygen atoms in total. The van der Waals surface area contributed by atoms with Crippen LogP contribution in [0.1, 0.15) is 30.4 Å². The molecule has 0 atom stereocenters. The first-order valence-corrected chi connectivity index (χ1v) is 11.7. The van der Waals surface area contributed by atoms with Crippen molar-refractivity contribution in [2.24, 2.45) is 0 Å². The Morgan fingerprint density at radius 2 is 1.61 bits per heavy atom. The van der Waals surface area contributed by atoms with Crippen LogP contribution in [0.3, 0.4) is 0 Å². The molecule has 174 valence electrons. The number of ether oxygens (including phenoxy) is 1. The van der Waals surface area contributed by atoms with E-state index >= 15 is 0 Å². The average molecular weight is 469 g/mol. The Balaban J connectivity index is 1.25. The van der Waals surface area contributed by atoms with Crippen LogP contribution >= 0.6 is 11.6 Å². The van der Waals surface area contributed by atoms with Crippen molar-refractivity contribution < 1.29 is 14.3 Å². The Kier molecular flexibility index (Phi) is 7.50. The van der Waals surface area contributed by atoms with Crippen LogP contribution in [0.5, 0.6) is 5.75 Å². The molecule has 2 aromatic rings. The fraction of sp³-hybridized carbons (Fsp3) is 0.400. The second kappa shape index (κ2) is 10.7. The summed E-state index contributed by atoms with van der Waals surface area (Å²) < 4.78 is 5.51. The van der Waals surface area contributed by atoms with Crippen LogP contribution in [0.2, 0.25) is 5.02 Å². The van der Waals surface area contributed by atoms with Crippen molar-refractivity contribution in [3.05, 3.63) is 64.7 Å². The van der Waals surface area contributed by atoms with Gasteiger partial charge in [0.15, 0.2) is 6.61 Å². The predicted octanol–water partition coefficient (Wildman–Crippen LogP) is 3.40. The molecule has 4 rings (SSSR count). The third kappa shape index (κ3) is 6.05. The molecular weight excluding hydrogens is 440 g/mol. The second-order valence-electron chi connectivity index (χ2n) is 8.47. The molecule has 2 aliphatic rings. The van der Waals surface area contributed by atoms with E-state index in [9.17, 15) is 9.59 Å². The van der Waals surface area contributed by atoms with Gasteiger partial charge in [0.1, 0.15) is 11.6 Å². The van der Waals surface area contributed by atoms with Gasteiger partial charge in [0.2, 0.25) is 5.91 Å². The van der Waals surface area contributed by atoms with Crippen LogP contribution in [-0.2, 0) is 16.1 Å². The highest BCUT2D eigenvalue weighted by atomic mass is 35.5. The number of amides is 2. The number of carbonyl (C=O) groups is 2. The Labute approximate surface area is 199 Å². The molecule has 0 bridgehead atoms. The Bertz CT molecular complexity index is 988. The third-order valence-corrected chi connectivity index (χ3v) is 6.37. The van der Waals surface area contributed by atoms with Gasteiger partial charge in [-0.3, -0.25) is 15.0 Å². The van der Waals surface area contributed by atoms with Crippen molar-refractivity contribution in [2.45, 2.75) is 25.8 Å². The number of nitrogens with one attached hydrogen (secondary N) is 1. The van der Waals surface area contributed by atoms with E-state index in [1.54, 1.807) is 29.2 Å². The maximum atomic E-state index is 12.6. The van der Waals surface area contributed by atoms with Crippen LogP contribution < -0.4 is 4.74 Å². The number of hydrogen-bond acceptors (Lipinski definition) is 4. The molecule has 8 heteroatoms. The summed E-state index contributed by atoms with van der Waals surface area (Å²) in [4.78, 5) is 30.5. The first-order valence-electron chi connectivity index (χ1n) is 11.4. The number of rotatable bonds is 6. The van der Waals surface area contributed by atoms with Crippen molar-refractivity contribution in [3.63, 3.8) is 0 Å². The molecule has 0 spiro atoms. The molecule has 0 unspecified atom stereocenters. The molecule has 0 radical (unpaired) electrons. The lowest BCUT2D eigenvalue weighted by atomic mass is 10.1. The lowest BCUT2D eigenvalue weighted by Gasteiger charge is -2.34. The summed E-state index contributed by atoms with van der Waals surface area (Å²) in [5.74, 6) is 0.851. The molecule has 2 fully saturated rings. The first kappa shape index (κ1) is 23.1. The normalized spacial score (nSPS) is 16.6. The molecule has 2 amide bonds. The summed E-state index contributed by atoms with van der Waals surface area (Å²) in [7, 11) is 0. The Hall–Kier alpha value is -3.06. The molecule has 1 N–H and O–H groups in total. The van der Waals surface area contributed by atoms with E-state index in [1.165, 1.54) is 11.3 Å². The van der Waals surface area contributed by atoms with Crippen LogP contribution in [0.4, 0.5) is 0 Å². The van der Waals surface area contributed by atoms with Gasteiger partial charge in [0.05, 0.1) is 6.54 Å².